The van der Waals surface area contributed by atoms with Crippen molar-refractivity contribution in [3.8, 4) is 0 Å². The van der Waals surface area contributed by atoms with Crippen LogP contribution in [0.3, 0.4) is 0 Å². The minimum atomic E-state index is -1.09. The Morgan fingerprint density at radius 3 is 2.42 bits per heavy atom. The van der Waals surface area contributed by atoms with Crippen LogP contribution in [0.2, 0.25) is 0 Å². The number of carboxylic acids is 1. The molecule has 12 heavy (non-hydrogen) atoms. The van der Waals surface area contributed by atoms with Gasteiger partial charge in [-0.2, -0.15) is 0 Å². The smallest absolute Gasteiger partial charge is 0.333 e. The van der Waals surface area contributed by atoms with Crippen molar-refractivity contribution in [1.82, 2.24) is 0 Å². The Labute approximate surface area is 75.5 Å². The number of hydrogen-bond acceptors (Lipinski definition) is 3. The van der Waals surface area contributed by atoms with Crippen LogP contribution in [-0.2, 0) is 4.79 Å². The van der Waals surface area contributed by atoms with Crippen molar-refractivity contribution < 1.29 is 9.90 Å². The lowest BCUT2D eigenvalue weighted by Crippen LogP contribution is -2.23. The zero-order valence-electron chi connectivity index (χ0n) is 6.62. The molecule has 0 aliphatic heterocycles. The first kappa shape index (κ1) is 11.0. The Morgan fingerprint density at radius 1 is 1.67 bits per heavy atom. The van der Waals surface area contributed by atoms with Crippen LogP contribution in [0.4, 0.5) is 0 Å². The molecule has 0 aromatic heterocycles. The van der Waals surface area contributed by atoms with E-state index >= 15 is 0 Å². The topological polar surface area (TPSA) is 89.3 Å². The monoisotopic (exact) mass is 190 g/mol. The van der Waals surface area contributed by atoms with E-state index in [1.807, 2.05) is 0 Å². The molecule has 0 spiro atoms. The molecule has 1 unspecified atom stereocenters. The fraction of sp³-hybridized carbons (Fsp3) is 0.286. The van der Waals surface area contributed by atoms with Gasteiger partial charge in [0.25, 0.3) is 0 Å². The lowest BCUT2D eigenvalue weighted by Gasteiger charge is -2.04. The van der Waals surface area contributed by atoms with E-state index in [1.54, 1.807) is 6.92 Å². The number of hydrogen-bond donors (Lipinski definition) is 3. The van der Waals surface area contributed by atoms with Crippen LogP contribution in [-0.4, -0.2) is 17.1 Å². The maximum atomic E-state index is 10.5. The highest BCUT2D eigenvalue weighted by molar-refractivity contribution is 6.31. The molecular formula is C7H11ClN2O2. The van der Waals surface area contributed by atoms with E-state index in [0.29, 0.717) is 0 Å². The molecule has 0 rings (SSSR count). The highest BCUT2D eigenvalue weighted by Crippen LogP contribution is 2.08. The first-order valence-corrected chi connectivity index (χ1v) is 3.64. The van der Waals surface area contributed by atoms with Gasteiger partial charge in [0.15, 0.2) is 0 Å². The minimum Gasteiger partial charge on any atom is -0.478 e. The highest BCUT2D eigenvalue weighted by atomic mass is 35.5. The van der Waals surface area contributed by atoms with E-state index in [0.717, 1.165) is 6.20 Å². The summed E-state index contributed by atoms with van der Waals surface area (Å²) in [5.41, 5.74) is 10.4. The van der Waals surface area contributed by atoms with Crippen LogP contribution in [0.15, 0.2) is 22.9 Å². The van der Waals surface area contributed by atoms with Crippen molar-refractivity contribution in [1.29, 1.82) is 0 Å². The van der Waals surface area contributed by atoms with Crippen LogP contribution in [0.25, 0.3) is 0 Å². The van der Waals surface area contributed by atoms with Gasteiger partial charge in [-0.05, 0) is 13.0 Å². The number of carbonyl (C=O) groups is 1. The van der Waals surface area contributed by atoms with Crippen LogP contribution in [0.1, 0.15) is 6.92 Å². The summed E-state index contributed by atoms with van der Waals surface area (Å²) in [5.74, 6) is -1.09. The standard InChI is InChI=1S/C7H11ClN2O2/c1-4(10)6(7(11)12)2-5(8)3-9/h2-4H,9-10H2,1H3,(H,11,12)/b5-3+,6-2+. The summed E-state index contributed by atoms with van der Waals surface area (Å²) >= 11 is 5.49. The first-order valence-electron chi connectivity index (χ1n) is 3.27. The quantitative estimate of drug-likeness (QED) is 0.444. The number of aliphatic carboxylic acids is 1. The summed E-state index contributed by atoms with van der Waals surface area (Å²) in [4.78, 5) is 10.5. The molecule has 0 fully saturated rings. The van der Waals surface area contributed by atoms with Gasteiger partial charge in [-0.3, -0.25) is 0 Å². The van der Waals surface area contributed by atoms with Gasteiger partial charge < -0.3 is 16.6 Å². The molecule has 5 N–H and O–H groups in total. The molecule has 5 heteroatoms. The molecule has 0 heterocycles. The van der Waals surface area contributed by atoms with Gasteiger partial charge in [0, 0.05) is 12.2 Å². The first-order chi connectivity index (χ1) is 5.49. The molecule has 0 aliphatic rings. The van der Waals surface area contributed by atoms with Gasteiger partial charge in [-0.1, -0.05) is 11.6 Å². The van der Waals surface area contributed by atoms with Gasteiger partial charge in [-0.25, -0.2) is 4.79 Å². The van der Waals surface area contributed by atoms with Gasteiger partial charge in [0.05, 0.1) is 10.6 Å². The second-order valence-electron chi connectivity index (χ2n) is 2.25. The van der Waals surface area contributed by atoms with E-state index < -0.39 is 12.0 Å². The van der Waals surface area contributed by atoms with Gasteiger partial charge in [-0.15, -0.1) is 0 Å². The molecule has 0 aromatic carbocycles. The predicted octanol–water partition coefficient (Wildman–Crippen LogP) is 0.384. The average molecular weight is 191 g/mol. The van der Waals surface area contributed by atoms with Crippen molar-refractivity contribution in [3.05, 3.63) is 22.9 Å². The normalized spacial score (nSPS) is 15.9. The lowest BCUT2D eigenvalue weighted by molar-refractivity contribution is -0.132. The van der Waals surface area contributed by atoms with E-state index in [4.69, 9.17) is 28.2 Å². The van der Waals surface area contributed by atoms with Gasteiger partial charge in [0.1, 0.15) is 0 Å². The minimum absolute atomic E-state index is 0.0294. The third-order valence-corrected chi connectivity index (χ3v) is 1.43. The van der Waals surface area contributed by atoms with Crippen LogP contribution < -0.4 is 11.5 Å². The maximum Gasteiger partial charge on any atom is 0.333 e. The molecule has 0 aliphatic carbocycles. The zero-order valence-corrected chi connectivity index (χ0v) is 7.38. The maximum absolute atomic E-state index is 10.5. The van der Waals surface area contributed by atoms with Crippen molar-refractivity contribution in [2.45, 2.75) is 13.0 Å². The van der Waals surface area contributed by atoms with E-state index in [1.165, 1.54) is 6.08 Å². The average Bonchev–Trinajstić information content (AvgIpc) is 1.98. The van der Waals surface area contributed by atoms with Crippen molar-refractivity contribution in [2.75, 3.05) is 0 Å². The Kier molecular flexibility index (Phi) is 4.39. The third-order valence-electron chi connectivity index (χ3n) is 1.19. The van der Waals surface area contributed by atoms with Gasteiger partial charge in [0.2, 0.25) is 0 Å². The molecule has 0 bridgehead atoms. The Bertz CT molecular complexity index is 234. The molecule has 1 atom stereocenters. The van der Waals surface area contributed by atoms with Crippen LogP contribution >= 0.6 is 11.6 Å². The molecule has 68 valence electrons. The molecule has 0 aromatic rings. The fourth-order valence-electron chi connectivity index (χ4n) is 0.585. The summed E-state index contributed by atoms with van der Waals surface area (Å²) in [7, 11) is 0. The SMILES string of the molecule is CC(N)/C(=C\C(Cl)=C/N)C(=O)O. The number of nitrogens with two attached hydrogens (primary N) is 2. The summed E-state index contributed by atoms with van der Waals surface area (Å²) in [6.45, 7) is 1.56. The third kappa shape index (κ3) is 3.41. The molecule has 0 radical (unpaired) electrons. The summed E-state index contributed by atoms with van der Waals surface area (Å²) in [5, 5.41) is 8.77. The zero-order chi connectivity index (χ0) is 9.72. The number of allylic oxidation sites excluding steroid dienone is 2. The summed E-state index contributed by atoms with van der Waals surface area (Å²) in [6, 6.07) is -0.573. The van der Waals surface area contributed by atoms with Crippen molar-refractivity contribution in [3.63, 3.8) is 0 Å². The molecule has 0 saturated heterocycles. The van der Waals surface area contributed by atoms with E-state index in [9.17, 15) is 4.79 Å². The van der Waals surface area contributed by atoms with Gasteiger partial charge >= 0.3 is 5.97 Å². The van der Waals surface area contributed by atoms with Crippen LogP contribution in [0.5, 0.6) is 0 Å². The predicted molar refractivity (Wildman–Crippen MR) is 47.5 cm³/mol. The second-order valence-corrected chi connectivity index (χ2v) is 2.68. The van der Waals surface area contributed by atoms with Crippen molar-refractivity contribution in [2.24, 2.45) is 11.5 Å². The molecular weight excluding hydrogens is 180 g/mol. The number of halogens is 1. The Hall–Kier alpha value is -1.00. The summed E-state index contributed by atoms with van der Waals surface area (Å²) < 4.78 is 0. The molecule has 4 nitrogen and oxygen atoms in total. The number of carboxylic acid groups (broad SMARTS) is 1. The Morgan fingerprint density at radius 2 is 2.17 bits per heavy atom. The van der Waals surface area contributed by atoms with Crippen LogP contribution in [0, 0.1) is 0 Å². The molecule has 0 amide bonds. The largest absolute Gasteiger partial charge is 0.478 e. The van der Waals surface area contributed by atoms with Crippen molar-refractivity contribution >= 4 is 17.6 Å². The number of rotatable bonds is 3. The lowest BCUT2D eigenvalue weighted by atomic mass is 10.1. The highest BCUT2D eigenvalue weighted by Gasteiger charge is 2.11. The molecule has 0 saturated carbocycles. The van der Waals surface area contributed by atoms with E-state index in [-0.39, 0.29) is 10.6 Å². The summed E-state index contributed by atoms with van der Waals surface area (Å²) in [6.07, 6.45) is 2.33. The fourth-order valence-corrected chi connectivity index (χ4v) is 0.702. The second kappa shape index (κ2) is 4.79. The Balaban J connectivity index is 4.74. The van der Waals surface area contributed by atoms with E-state index in [2.05, 4.69) is 0 Å².